The van der Waals surface area contributed by atoms with Gasteiger partial charge in [-0.05, 0) is 60.4 Å². The highest BCUT2D eigenvalue weighted by Gasteiger charge is 2.38. The lowest BCUT2D eigenvalue weighted by atomic mass is 9.80. The molecule has 2 aliphatic rings. The molecule has 1 heterocycles. The maximum absolute atomic E-state index is 12.8. The van der Waals surface area contributed by atoms with Crippen LogP contribution in [0.15, 0.2) is 42.5 Å². The number of benzene rings is 2. The summed E-state index contributed by atoms with van der Waals surface area (Å²) in [5, 5.41) is 6.10. The fraction of sp³-hybridized carbons (Fsp3) is 0.417. The summed E-state index contributed by atoms with van der Waals surface area (Å²) < 4.78 is 0. The quantitative estimate of drug-likeness (QED) is 0.827. The summed E-state index contributed by atoms with van der Waals surface area (Å²) in [5.41, 5.74) is 4.82. The molecule has 28 heavy (non-hydrogen) atoms. The summed E-state index contributed by atoms with van der Waals surface area (Å²) in [6.07, 6.45) is 2.10. The van der Waals surface area contributed by atoms with Crippen LogP contribution in [0, 0.1) is 18.8 Å². The van der Waals surface area contributed by atoms with E-state index in [9.17, 15) is 9.59 Å². The number of nitrogens with one attached hydrogen (secondary N) is 2. The Morgan fingerprint density at radius 3 is 2.43 bits per heavy atom. The first-order valence-corrected chi connectivity index (χ1v) is 10.2. The Morgan fingerprint density at radius 1 is 1.07 bits per heavy atom. The molecule has 1 saturated carbocycles. The molecule has 2 aromatic carbocycles. The minimum Gasteiger partial charge on any atom is -0.355 e. The van der Waals surface area contributed by atoms with Gasteiger partial charge < -0.3 is 10.6 Å². The van der Waals surface area contributed by atoms with Gasteiger partial charge in [-0.2, -0.15) is 0 Å². The molecule has 0 radical (unpaired) electrons. The molecule has 1 aliphatic heterocycles. The van der Waals surface area contributed by atoms with Gasteiger partial charge in [0.2, 0.25) is 5.91 Å². The van der Waals surface area contributed by atoms with Crippen LogP contribution >= 0.6 is 0 Å². The number of carbonyl (C=O) groups excluding carboxylic acids is 2. The molecule has 2 aromatic rings. The molecule has 2 amide bonds. The van der Waals surface area contributed by atoms with Crippen molar-refractivity contribution in [2.75, 3.05) is 6.54 Å². The Kier molecular flexibility index (Phi) is 4.96. The van der Waals surface area contributed by atoms with E-state index in [2.05, 4.69) is 61.7 Å². The highest BCUT2D eigenvalue weighted by Crippen LogP contribution is 2.36. The average Bonchev–Trinajstić information content (AvgIpc) is 3.40. The lowest BCUT2D eigenvalue weighted by Gasteiger charge is -2.22. The lowest BCUT2D eigenvalue weighted by Crippen LogP contribution is -2.26. The van der Waals surface area contributed by atoms with Crippen LogP contribution in [0.2, 0.25) is 0 Å². The Labute approximate surface area is 166 Å². The molecule has 1 aliphatic carbocycles. The van der Waals surface area contributed by atoms with Gasteiger partial charge in [-0.1, -0.05) is 49.7 Å². The van der Waals surface area contributed by atoms with Gasteiger partial charge in [-0.25, -0.2) is 0 Å². The zero-order valence-corrected chi connectivity index (χ0v) is 16.8. The van der Waals surface area contributed by atoms with Gasteiger partial charge in [-0.15, -0.1) is 0 Å². The first-order valence-electron chi connectivity index (χ1n) is 10.2. The van der Waals surface area contributed by atoms with Crippen LogP contribution < -0.4 is 10.6 Å². The van der Waals surface area contributed by atoms with Crippen LogP contribution in [0.4, 0.5) is 0 Å². The topological polar surface area (TPSA) is 58.2 Å². The SMILES string of the molecule is Cc1ccc(-c2cc(C(=O)NC3CC3)cc([C@H]3C(=O)NCC3C(C)C)c2)cc1. The number of amides is 2. The summed E-state index contributed by atoms with van der Waals surface area (Å²) in [4.78, 5) is 25.4. The Balaban J connectivity index is 1.78. The van der Waals surface area contributed by atoms with Crippen molar-refractivity contribution < 1.29 is 9.59 Å². The molecule has 2 atom stereocenters. The molecule has 4 rings (SSSR count). The Hall–Kier alpha value is -2.62. The van der Waals surface area contributed by atoms with Crippen molar-refractivity contribution >= 4 is 11.8 Å². The average molecular weight is 377 g/mol. The molecule has 1 unspecified atom stereocenters. The van der Waals surface area contributed by atoms with Crippen molar-refractivity contribution in [3.63, 3.8) is 0 Å². The van der Waals surface area contributed by atoms with Crippen molar-refractivity contribution in [2.45, 2.75) is 45.6 Å². The van der Waals surface area contributed by atoms with Crippen molar-refractivity contribution in [3.8, 4) is 11.1 Å². The van der Waals surface area contributed by atoms with E-state index in [4.69, 9.17) is 0 Å². The number of carbonyl (C=O) groups is 2. The number of aryl methyl sites for hydroxylation is 1. The van der Waals surface area contributed by atoms with Crippen LogP contribution in [0.3, 0.4) is 0 Å². The zero-order chi connectivity index (χ0) is 19.8. The van der Waals surface area contributed by atoms with Crippen LogP contribution in [0.25, 0.3) is 11.1 Å². The molecular weight excluding hydrogens is 348 g/mol. The molecule has 1 saturated heterocycles. The van der Waals surface area contributed by atoms with Crippen LogP contribution in [-0.2, 0) is 4.79 Å². The monoisotopic (exact) mass is 376 g/mol. The van der Waals surface area contributed by atoms with Crippen molar-refractivity contribution in [2.24, 2.45) is 11.8 Å². The fourth-order valence-corrected chi connectivity index (χ4v) is 4.03. The maximum Gasteiger partial charge on any atom is 0.251 e. The minimum absolute atomic E-state index is 0.0442. The number of hydrogen-bond acceptors (Lipinski definition) is 2. The van der Waals surface area contributed by atoms with Gasteiger partial charge in [0.15, 0.2) is 0 Å². The van der Waals surface area contributed by atoms with Gasteiger partial charge in [0.25, 0.3) is 5.91 Å². The third-order valence-electron chi connectivity index (χ3n) is 5.95. The first-order chi connectivity index (χ1) is 13.4. The zero-order valence-electron chi connectivity index (χ0n) is 16.8. The predicted molar refractivity (Wildman–Crippen MR) is 111 cm³/mol. The number of hydrogen-bond donors (Lipinski definition) is 2. The fourth-order valence-electron chi connectivity index (χ4n) is 4.03. The van der Waals surface area contributed by atoms with E-state index in [0.717, 1.165) is 29.5 Å². The summed E-state index contributed by atoms with van der Waals surface area (Å²) in [6.45, 7) is 7.06. The van der Waals surface area contributed by atoms with Crippen LogP contribution in [0.1, 0.15) is 54.1 Å². The number of rotatable bonds is 5. The first kappa shape index (κ1) is 18.7. The largest absolute Gasteiger partial charge is 0.355 e. The Morgan fingerprint density at radius 2 is 1.79 bits per heavy atom. The van der Waals surface area contributed by atoms with Gasteiger partial charge in [0.05, 0.1) is 5.92 Å². The van der Waals surface area contributed by atoms with Gasteiger partial charge in [-0.3, -0.25) is 9.59 Å². The van der Waals surface area contributed by atoms with Crippen LogP contribution in [-0.4, -0.2) is 24.4 Å². The summed E-state index contributed by atoms with van der Waals surface area (Å²) in [7, 11) is 0. The van der Waals surface area contributed by atoms with E-state index in [0.29, 0.717) is 24.1 Å². The molecule has 0 spiro atoms. The van der Waals surface area contributed by atoms with E-state index in [1.54, 1.807) is 0 Å². The second-order valence-corrected chi connectivity index (χ2v) is 8.59. The smallest absolute Gasteiger partial charge is 0.251 e. The second-order valence-electron chi connectivity index (χ2n) is 8.59. The van der Waals surface area contributed by atoms with Crippen molar-refractivity contribution in [3.05, 3.63) is 59.2 Å². The highest BCUT2D eigenvalue weighted by atomic mass is 16.2. The van der Waals surface area contributed by atoms with E-state index in [1.165, 1.54) is 5.56 Å². The molecule has 2 N–H and O–H groups in total. The molecule has 4 heteroatoms. The van der Waals surface area contributed by atoms with E-state index in [1.807, 2.05) is 12.1 Å². The maximum atomic E-state index is 12.8. The van der Waals surface area contributed by atoms with Gasteiger partial charge in [0, 0.05) is 18.2 Å². The molecule has 2 fully saturated rings. The molecule has 4 nitrogen and oxygen atoms in total. The molecule has 0 aromatic heterocycles. The Bertz CT molecular complexity index is 897. The molecule has 0 bridgehead atoms. The van der Waals surface area contributed by atoms with Crippen LogP contribution in [0.5, 0.6) is 0 Å². The minimum atomic E-state index is -0.210. The summed E-state index contributed by atoms with van der Waals surface area (Å²) >= 11 is 0. The second kappa shape index (κ2) is 7.42. The third-order valence-corrected chi connectivity index (χ3v) is 5.95. The van der Waals surface area contributed by atoms with Gasteiger partial charge in [0.1, 0.15) is 0 Å². The molecular formula is C24H28N2O2. The summed E-state index contributed by atoms with van der Waals surface area (Å²) in [6, 6.07) is 14.6. The lowest BCUT2D eigenvalue weighted by molar-refractivity contribution is -0.120. The third kappa shape index (κ3) is 3.82. The van der Waals surface area contributed by atoms with Crippen molar-refractivity contribution in [1.82, 2.24) is 10.6 Å². The standard InChI is InChI=1S/C24H28N2O2/c1-14(2)21-13-25-24(28)22(21)18-10-17(16-6-4-15(3)5-7-16)11-19(12-18)23(27)26-20-8-9-20/h4-7,10-12,14,20-22H,8-9,13H2,1-3H3,(H,25,28)(H,26,27)/t21?,22-/m1/s1. The highest BCUT2D eigenvalue weighted by molar-refractivity contribution is 5.97. The van der Waals surface area contributed by atoms with Crippen molar-refractivity contribution in [1.29, 1.82) is 0 Å². The summed E-state index contributed by atoms with van der Waals surface area (Å²) in [5.74, 6) is 0.430. The molecule has 146 valence electrons. The normalized spacial score (nSPS) is 21.6. The predicted octanol–water partition coefficient (Wildman–Crippen LogP) is 4.04. The van der Waals surface area contributed by atoms with Gasteiger partial charge >= 0.3 is 0 Å². The van der Waals surface area contributed by atoms with E-state index < -0.39 is 0 Å². The van der Waals surface area contributed by atoms with E-state index in [-0.39, 0.29) is 23.7 Å². The van der Waals surface area contributed by atoms with E-state index >= 15 is 0 Å².